The summed E-state index contributed by atoms with van der Waals surface area (Å²) in [6, 6.07) is 9.22. The monoisotopic (exact) mass is 199 g/mol. The zero-order chi connectivity index (χ0) is 10.5. The molecule has 0 atom stereocenters. The average Bonchev–Trinajstić information content (AvgIpc) is 2.31. The molecule has 1 N–H and O–H groups in total. The van der Waals surface area contributed by atoms with E-state index in [0.717, 1.165) is 5.69 Å². The molecule has 0 radical (unpaired) electrons. The summed E-state index contributed by atoms with van der Waals surface area (Å²) < 4.78 is 0. The molecule has 0 aliphatic heterocycles. The van der Waals surface area contributed by atoms with Crippen LogP contribution in [-0.2, 0) is 0 Å². The molecule has 0 aliphatic rings. The Kier molecular flexibility index (Phi) is 2.69. The van der Waals surface area contributed by atoms with Gasteiger partial charge in [0.05, 0.1) is 6.20 Å². The topological polar surface area (TPSA) is 54.9 Å². The number of amides is 1. The van der Waals surface area contributed by atoms with Gasteiger partial charge in [0.15, 0.2) is 0 Å². The Balaban J connectivity index is 2.12. The maximum absolute atomic E-state index is 11.6. The number of hydrogen-bond donors (Lipinski definition) is 1. The zero-order valence-corrected chi connectivity index (χ0v) is 7.92. The van der Waals surface area contributed by atoms with Crippen molar-refractivity contribution in [3.8, 4) is 0 Å². The van der Waals surface area contributed by atoms with Gasteiger partial charge in [0.1, 0.15) is 5.69 Å². The summed E-state index contributed by atoms with van der Waals surface area (Å²) >= 11 is 0. The van der Waals surface area contributed by atoms with E-state index >= 15 is 0 Å². The molecule has 74 valence electrons. The fourth-order valence-electron chi connectivity index (χ4n) is 1.13. The van der Waals surface area contributed by atoms with Gasteiger partial charge in [0.2, 0.25) is 0 Å². The van der Waals surface area contributed by atoms with Crippen molar-refractivity contribution in [3.05, 3.63) is 54.6 Å². The first-order valence-electron chi connectivity index (χ1n) is 4.49. The lowest BCUT2D eigenvalue weighted by Gasteiger charge is -2.02. The van der Waals surface area contributed by atoms with Gasteiger partial charge in [-0.2, -0.15) is 0 Å². The molecule has 0 spiro atoms. The summed E-state index contributed by atoms with van der Waals surface area (Å²) in [5.41, 5.74) is 1.05. The highest BCUT2D eigenvalue weighted by molar-refractivity contribution is 6.02. The molecule has 15 heavy (non-hydrogen) atoms. The van der Waals surface area contributed by atoms with Crippen molar-refractivity contribution in [3.63, 3.8) is 0 Å². The SMILES string of the molecule is O=C(Nc1ccccc1)c1cnccn1. The highest BCUT2D eigenvalue weighted by Crippen LogP contribution is 2.06. The van der Waals surface area contributed by atoms with E-state index in [4.69, 9.17) is 0 Å². The maximum Gasteiger partial charge on any atom is 0.275 e. The first-order chi connectivity index (χ1) is 7.36. The second-order valence-corrected chi connectivity index (χ2v) is 2.91. The average molecular weight is 199 g/mol. The summed E-state index contributed by atoms with van der Waals surface area (Å²) in [5, 5.41) is 2.72. The molecule has 4 heteroatoms. The summed E-state index contributed by atoms with van der Waals surface area (Å²) in [6.45, 7) is 0. The Bertz CT molecular complexity index is 442. The van der Waals surface area contributed by atoms with Crippen LogP contribution in [-0.4, -0.2) is 15.9 Å². The Morgan fingerprint density at radius 3 is 2.60 bits per heavy atom. The molecule has 4 nitrogen and oxygen atoms in total. The van der Waals surface area contributed by atoms with Crippen LogP contribution in [0.1, 0.15) is 10.5 Å². The third-order valence-corrected chi connectivity index (χ3v) is 1.83. The summed E-state index contributed by atoms with van der Waals surface area (Å²) in [4.78, 5) is 19.3. The number of carbonyl (C=O) groups is 1. The molecule has 0 saturated carbocycles. The van der Waals surface area contributed by atoms with Gasteiger partial charge in [0.25, 0.3) is 5.91 Å². The van der Waals surface area contributed by atoms with Crippen LogP contribution in [0.2, 0.25) is 0 Å². The van der Waals surface area contributed by atoms with Crippen molar-refractivity contribution in [1.82, 2.24) is 9.97 Å². The van der Waals surface area contributed by atoms with Crippen molar-refractivity contribution < 1.29 is 4.79 Å². The number of carbonyl (C=O) groups excluding carboxylic acids is 1. The number of aromatic nitrogens is 2. The minimum atomic E-state index is -0.255. The van der Waals surface area contributed by atoms with E-state index in [1.807, 2.05) is 30.3 Å². The van der Waals surface area contributed by atoms with Gasteiger partial charge < -0.3 is 5.32 Å². The van der Waals surface area contributed by atoms with Crippen LogP contribution < -0.4 is 5.32 Å². The highest BCUT2D eigenvalue weighted by Gasteiger charge is 2.05. The van der Waals surface area contributed by atoms with Crippen LogP contribution in [0.3, 0.4) is 0 Å². The fourth-order valence-corrected chi connectivity index (χ4v) is 1.13. The molecule has 0 aliphatic carbocycles. The number of anilines is 1. The van der Waals surface area contributed by atoms with E-state index in [-0.39, 0.29) is 5.91 Å². The summed E-state index contributed by atoms with van der Waals surface area (Å²) in [5.74, 6) is -0.255. The lowest BCUT2D eigenvalue weighted by molar-refractivity contribution is 0.102. The van der Waals surface area contributed by atoms with Gasteiger partial charge in [-0.1, -0.05) is 18.2 Å². The second-order valence-electron chi connectivity index (χ2n) is 2.91. The summed E-state index contributed by atoms with van der Waals surface area (Å²) in [6.07, 6.45) is 4.44. The molecule has 2 aromatic rings. The van der Waals surface area contributed by atoms with Crippen molar-refractivity contribution in [2.75, 3.05) is 5.32 Å². The van der Waals surface area contributed by atoms with Gasteiger partial charge in [0, 0.05) is 18.1 Å². The van der Waals surface area contributed by atoms with E-state index in [9.17, 15) is 4.79 Å². The highest BCUT2D eigenvalue weighted by atomic mass is 16.1. The standard InChI is InChI=1S/C11H9N3O/c15-11(10-8-12-6-7-13-10)14-9-4-2-1-3-5-9/h1-8H,(H,14,15). The van der Waals surface area contributed by atoms with Crippen LogP contribution >= 0.6 is 0 Å². The Hall–Kier alpha value is -2.23. The fraction of sp³-hybridized carbons (Fsp3) is 0. The van der Waals surface area contributed by atoms with E-state index in [1.165, 1.54) is 18.6 Å². The summed E-state index contributed by atoms with van der Waals surface area (Å²) in [7, 11) is 0. The van der Waals surface area contributed by atoms with Crippen molar-refractivity contribution >= 4 is 11.6 Å². The van der Waals surface area contributed by atoms with Crippen molar-refractivity contribution in [2.45, 2.75) is 0 Å². The normalized spacial score (nSPS) is 9.60. The molecule has 0 saturated heterocycles. The van der Waals surface area contributed by atoms with Gasteiger partial charge in [-0.25, -0.2) is 4.98 Å². The quantitative estimate of drug-likeness (QED) is 0.801. The number of hydrogen-bond acceptors (Lipinski definition) is 3. The van der Waals surface area contributed by atoms with Gasteiger partial charge >= 0.3 is 0 Å². The molecule has 1 aromatic heterocycles. The Labute approximate surface area is 87.0 Å². The molecule has 2 rings (SSSR count). The lowest BCUT2D eigenvalue weighted by atomic mass is 10.3. The lowest BCUT2D eigenvalue weighted by Crippen LogP contribution is -2.13. The van der Waals surface area contributed by atoms with Crippen LogP contribution in [0.25, 0.3) is 0 Å². The van der Waals surface area contributed by atoms with E-state index in [0.29, 0.717) is 5.69 Å². The van der Waals surface area contributed by atoms with Crippen LogP contribution in [0.4, 0.5) is 5.69 Å². The molecule has 1 aromatic carbocycles. The van der Waals surface area contributed by atoms with Gasteiger partial charge in [-0.05, 0) is 12.1 Å². The number of para-hydroxylation sites is 1. The van der Waals surface area contributed by atoms with Gasteiger partial charge in [-0.3, -0.25) is 9.78 Å². The molecular weight excluding hydrogens is 190 g/mol. The Morgan fingerprint density at radius 1 is 1.13 bits per heavy atom. The minimum absolute atomic E-state index is 0.255. The third-order valence-electron chi connectivity index (χ3n) is 1.83. The van der Waals surface area contributed by atoms with E-state index in [2.05, 4.69) is 15.3 Å². The largest absolute Gasteiger partial charge is 0.321 e. The van der Waals surface area contributed by atoms with Crippen molar-refractivity contribution in [2.24, 2.45) is 0 Å². The molecule has 0 bridgehead atoms. The first-order valence-corrected chi connectivity index (χ1v) is 4.49. The maximum atomic E-state index is 11.6. The predicted octanol–water partition coefficient (Wildman–Crippen LogP) is 1.73. The van der Waals surface area contributed by atoms with Crippen LogP contribution in [0.5, 0.6) is 0 Å². The smallest absolute Gasteiger partial charge is 0.275 e. The number of benzene rings is 1. The first kappa shape index (κ1) is 9.33. The molecule has 1 amide bonds. The molecule has 1 heterocycles. The molecule has 0 fully saturated rings. The number of nitrogens with one attached hydrogen (secondary N) is 1. The van der Waals surface area contributed by atoms with E-state index in [1.54, 1.807) is 0 Å². The third kappa shape index (κ3) is 2.37. The van der Waals surface area contributed by atoms with Gasteiger partial charge in [-0.15, -0.1) is 0 Å². The minimum Gasteiger partial charge on any atom is -0.321 e. The van der Waals surface area contributed by atoms with Crippen molar-refractivity contribution in [1.29, 1.82) is 0 Å². The van der Waals surface area contributed by atoms with Crippen LogP contribution in [0.15, 0.2) is 48.9 Å². The van der Waals surface area contributed by atoms with E-state index < -0.39 is 0 Å². The predicted molar refractivity (Wildman–Crippen MR) is 56.4 cm³/mol. The van der Waals surface area contributed by atoms with Crippen LogP contribution in [0, 0.1) is 0 Å². The number of nitrogens with zero attached hydrogens (tertiary/aromatic N) is 2. The zero-order valence-electron chi connectivity index (χ0n) is 7.92. The second kappa shape index (κ2) is 4.32. The Morgan fingerprint density at radius 2 is 1.93 bits per heavy atom. The number of rotatable bonds is 2. The molecule has 0 unspecified atom stereocenters. The molecular formula is C11H9N3O.